The zero-order valence-corrected chi connectivity index (χ0v) is 11.5. The van der Waals surface area contributed by atoms with Gasteiger partial charge in [0.15, 0.2) is 5.78 Å². The molecule has 0 amide bonds. The lowest BCUT2D eigenvalue weighted by molar-refractivity contribution is 0.0978. The van der Waals surface area contributed by atoms with E-state index in [0.29, 0.717) is 16.9 Å². The van der Waals surface area contributed by atoms with E-state index >= 15 is 0 Å². The second-order valence-electron chi connectivity index (χ2n) is 4.57. The van der Waals surface area contributed by atoms with Gasteiger partial charge in [-0.05, 0) is 24.6 Å². The first kappa shape index (κ1) is 13.8. The molecule has 0 aliphatic carbocycles. The van der Waals surface area contributed by atoms with Crippen molar-refractivity contribution in [2.24, 2.45) is 0 Å². The minimum absolute atomic E-state index is 0.213. The predicted octanol–water partition coefficient (Wildman–Crippen LogP) is 3.49. The minimum Gasteiger partial charge on any atom is -0.497 e. The van der Waals surface area contributed by atoms with Crippen LogP contribution in [0.3, 0.4) is 0 Å². The van der Waals surface area contributed by atoms with Crippen LogP contribution < -0.4 is 4.74 Å². The summed E-state index contributed by atoms with van der Waals surface area (Å²) in [4.78, 5) is 12.5. The van der Waals surface area contributed by atoms with Crippen LogP contribution in [0, 0.1) is 18.3 Å². The summed E-state index contributed by atoms with van der Waals surface area (Å²) < 4.78 is 5.10. The van der Waals surface area contributed by atoms with E-state index in [1.54, 1.807) is 31.4 Å². The number of carbonyl (C=O) groups excluding carboxylic acids is 1. The van der Waals surface area contributed by atoms with Crippen molar-refractivity contribution in [3.63, 3.8) is 0 Å². The maximum Gasteiger partial charge on any atom is 0.184 e. The average Bonchev–Trinajstić information content (AvgIpc) is 2.50. The van der Waals surface area contributed by atoms with E-state index in [4.69, 9.17) is 4.74 Å². The third kappa shape index (κ3) is 2.86. The van der Waals surface area contributed by atoms with Gasteiger partial charge in [0.25, 0.3) is 0 Å². The van der Waals surface area contributed by atoms with Gasteiger partial charge in [-0.15, -0.1) is 0 Å². The van der Waals surface area contributed by atoms with Crippen molar-refractivity contribution in [3.8, 4) is 11.8 Å². The first-order valence-corrected chi connectivity index (χ1v) is 6.30. The molecule has 1 unspecified atom stereocenters. The number of Topliss-reactive ketones (excluding diaryl/α,β-unsaturated/α-hetero) is 1. The van der Waals surface area contributed by atoms with Crippen molar-refractivity contribution in [2.75, 3.05) is 7.11 Å². The number of nitriles is 1. The molecule has 0 aliphatic heterocycles. The molecule has 20 heavy (non-hydrogen) atoms. The monoisotopic (exact) mass is 265 g/mol. The van der Waals surface area contributed by atoms with Crippen LogP contribution in [-0.4, -0.2) is 12.9 Å². The Balaban J connectivity index is 2.34. The summed E-state index contributed by atoms with van der Waals surface area (Å²) in [6.45, 7) is 1.97. The van der Waals surface area contributed by atoms with E-state index in [9.17, 15) is 10.1 Å². The molecular formula is C17H15NO2. The van der Waals surface area contributed by atoms with Crippen molar-refractivity contribution >= 4 is 5.78 Å². The molecule has 0 fully saturated rings. The Morgan fingerprint density at radius 2 is 1.90 bits per heavy atom. The van der Waals surface area contributed by atoms with Crippen LogP contribution in [0.4, 0.5) is 0 Å². The third-order valence-corrected chi connectivity index (χ3v) is 3.16. The van der Waals surface area contributed by atoms with Gasteiger partial charge in [0.1, 0.15) is 11.7 Å². The van der Waals surface area contributed by atoms with Gasteiger partial charge in [0, 0.05) is 5.56 Å². The maximum absolute atomic E-state index is 12.5. The molecule has 0 heterocycles. The molecule has 2 aromatic rings. The highest BCUT2D eigenvalue weighted by Gasteiger charge is 2.21. The number of aryl methyl sites for hydroxylation is 1. The zero-order valence-electron chi connectivity index (χ0n) is 11.5. The number of rotatable bonds is 4. The topological polar surface area (TPSA) is 50.1 Å². The summed E-state index contributed by atoms with van der Waals surface area (Å²) in [7, 11) is 1.55. The highest BCUT2D eigenvalue weighted by atomic mass is 16.5. The Kier molecular flexibility index (Phi) is 4.17. The van der Waals surface area contributed by atoms with Crippen molar-refractivity contribution in [2.45, 2.75) is 12.8 Å². The van der Waals surface area contributed by atoms with Crippen molar-refractivity contribution < 1.29 is 9.53 Å². The van der Waals surface area contributed by atoms with Crippen LogP contribution in [-0.2, 0) is 0 Å². The molecule has 3 nitrogen and oxygen atoms in total. The third-order valence-electron chi connectivity index (χ3n) is 3.16. The maximum atomic E-state index is 12.5. The molecule has 0 radical (unpaired) electrons. The normalized spacial score (nSPS) is 11.4. The van der Waals surface area contributed by atoms with Crippen LogP contribution in [0.5, 0.6) is 5.75 Å². The quantitative estimate of drug-likeness (QED) is 0.795. The highest BCUT2D eigenvalue weighted by molar-refractivity contribution is 6.03. The lowest BCUT2D eigenvalue weighted by Gasteiger charge is -2.10. The molecule has 0 aromatic heterocycles. The van der Waals surface area contributed by atoms with E-state index in [-0.39, 0.29) is 5.78 Å². The lowest BCUT2D eigenvalue weighted by Crippen LogP contribution is -2.11. The van der Waals surface area contributed by atoms with Crippen molar-refractivity contribution in [1.29, 1.82) is 5.26 Å². The van der Waals surface area contributed by atoms with E-state index in [2.05, 4.69) is 6.07 Å². The van der Waals surface area contributed by atoms with Crippen molar-refractivity contribution in [1.82, 2.24) is 0 Å². The Morgan fingerprint density at radius 1 is 1.20 bits per heavy atom. The zero-order chi connectivity index (χ0) is 14.5. The summed E-state index contributed by atoms with van der Waals surface area (Å²) in [5.41, 5.74) is 2.29. The van der Waals surface area contributed by atoms with Crippen LogP contribution in [0.15, 0.2) is 48.5 Å². The predicted molar refractivity (Wildman–Crippen MR) is 76.9 cm³/mol. The summed E-state index contributed by atoms with van der Waals surface area (Å²) in [6.07, 6.45) is 0. The number of nitrogens with zero attached hydrogens (tertiary/aromatic N) is 1. The van der Waals surface area contributed by atoms with E-state index in [0.717, 1.165) is 5.56 Å². The Labute approximate surface area is 118 Å². The number of hydrogen-bond donors (Lipinski definition) is 0. The first-order chi connectivity index (χ1) is 9.65. The fourth-order valence-corrected chi connectivity index (χ4v) is 1.99. The molecule has 2 aromatic carbocycles. The standard InChI is InChI=1S/C17H15NO2/c1-12-6-8-13(9-7-12)16(11-18)17(19)14-4-3-5-15(10-14)20-2/h3-10,16H,1-2H3. The lowest BCUT2D eigenvalue weighted by atomic mass is 9.91. The molecule has 0 spiro atoms. The Hall–Kier alpha value is -2.60. The van der Waals surface area contributed by atoms with Crippen LogP contribution in [0.1, 0.15) is 27.4 Å². The fourth-order valence-electron chi connectivity index (χ4n) is 1.99. The number of methoxy groups -OCH3 is 1. The molecule has 100 valence electrons. The summed E-state index contributed by atoms with van der Waals surface area (Å²) in [5, 5.41) is 9.30. The van der Waals surface area contributed by atoms with Crippen LogP contribution in [0.2, 0.25) is 0 Å². The number of ether oxygens (including phenoxy) is 1. The SMILES string of the molecule is COc1cccc(C(=O)C(C#N)c2ccc(C)cc2)c1. The number of carbonyl (C=O) groups is 1. The summed E-state index contributed by atoms with van der Waals surface area (Å²) >= 11 is 0. The molecule has 0 saturated carbocycles. The Bertz CT molecular complexity index is 653. The van der Waals surface area contributed by atoms with Gasteiger partial charge in [0.2, 0.25) is 0 Å². The van der Waals surface area contributed by atoms with E-state index < -0.39 is 5.92 Å². The van der Waals surface area contributed by atoms with E-state index in [1.165, 1.54) is 0 Å². The minimum atomic E-state index is -0.789. The fraction of sp³-hybridized carbons (Fsp3) is 0.176. The molecule has 0 N–H and O–H groups in total. The van der Waals surface area contributed by atoms with Gasteiger partial charge in [-0.1, -0.05) is 42.0 Å². The van der Waals surface area contributed by atoms with Gasteiger partial charge in [-0.3, -0.25) is 4.79 Å². The molecule has 2 rings (SSSR count). The average molecular weight is 265 g/mol. The van der Waals surface area contributed by atoms with E-state index in [1.807, 2.05) is 31.2 Å². The molecule has 0 aliphatic rings. The van der Waals surface area contributed by atoms with Gasteiger partial charge >= 0.3 is 0 Å². The number of benzene rings is 2. The van der Waals surface area contributed by atoms with Crippen LogP contribution in [0.25, 0.3) is 0 Å². The highest BCUT2D eigenvalue weighted by Crippen LogP contribution is 2.23. The first-order valence-electron chi connectivity index (χ1n) is 6.30. The van der Waals surface area contributed by atoms with Gasteiger partial charge in [0.05, 0.1) is 13.2 Å². The molecule has 1 atom stereocenters. The van der Waals surface area contributed by atoms with Crippen LogP contribution >= 0.6 is 0 Å². The van der Waals surface area contributed by atoms with Gasteiger partial charge in [-0.2, -0.15) is 5.26 Å². The molecule has 0 saturated heterocycles. The van der Waals surface area contributed by atoms with Gasteiger partial charge < -0.3 is 4.74 Å². The number of hydrogen-bond acceptors (Lipinski definition) is 3. The largest absolute Gasteiger partial charge is 0.497 e. The second-order valence-corrected chi connectivity index (χ2v) is 4.57. The Morgan fingerprint density at radius 3 is 2.50 bits per heavy atom. The smallest absolute Gasteiger partial charge is 0.184 e. The summed E-state index contributed by atoms with van der Waals surface area (Å²) in [5.74, 6) is -0.394. The molecule has 3 heteroatoms. The van der Waals surface area contributed by atoms with Crippen molar-refractivity contribution in [3.05, 3.63) is 65.2 Å². The second kappa shape index (κ2) is 6.03. The molecule has 0 bridgehead atoms. The molecular weight excluding hydrogens is 250 g/mol. The van der Waals surface area contributed by atoms with Gasteiger partial charge in [-0.25, -0.2) is 0 Å². The summed E-state index contributed by atoms with van der Waals surface area (Å²) in [6, 6.07) is 16.4. The number of ketones is 1.